The molecule has 148 valence electrons. The SMILES string of the molecule is N#CCCCN1CC[C@@H](CNC(=O)c2cc(C#N)cc3c2OCCO3)[C@H](O)C1. The van der Waals surface area contributed by atoms with E-state index in [4.69, 9.17) is 14.7 Å². The lowest BCUT2D eigenvalue weighted by Gasteiger charge is -2.36. The predicted octanol–water partition coefficient (Wildman–Crippen LogP) is 1.05. The Labute approximate surface area is 164 Å². The Morgan fingerprint density at radius 2 is 2.14 bits per heavy atom. The number of nitrogens with zero attached hydrogens (tertiary/aromatic N) is 3. The second-order valence-corrected chi connectivity index (χ2v) is 7.05. The molecule has 2 aliphatic heterocycles. The van der Waals surface area contributed by atoms with Gasteiger partial charge in [0.1, 0.15) is 13.2 Å². The van der Waals surface area contributed by atoms with E-state index < -0.39 is 6.10 Å². The van der Waals surface area contributed by atoms with Crippen LogP contribution < -0.4 is 14.8 Å². The summed E-state index contributed by atoms with van der Waals surface area (Å²) in [4.78, 5) is 14.8. The number of aliphatic hydroxyl groups is 1. The quantitative estimate of drug-likeness (QED) is 0.704. The lowest BCUT2D eigenvalue weighted by atomic mass is 9.93. The van der Waals surface area contributed by atoms with Gasteiger partial charge < -0.3 is 24.8 Å². The molecule has 1 aromatic rings. The van der Waals surface area contributed by atoms with Crippen LogP contribution in [0.4, 0.5) is 0 Å². The van der Waals surface area contributed by atoms with Crippen LogP contribution in [0.3, 0.4) is 0 Å². The number of ether oxygens (including phenoxy) is 2. The molecular weight excluding hydrogens is 360 g/mol. The van der Waals surface area contributed by atoms with Gasteiger partial charge in [0, 0.05) is 31.5 Å². The minimum atomic E-state index is -0.532. The van der Waals surface area contributed by atoms with Gasteiger partial charge in [-0.25, -0.2) is 0 Å². The van der Waals surface area contributed by atoms with Crippen molar-refractivity contribution in [2.75, 3.05) is 39.4 Å². The molecule has 0 radical (unpaired) electrons. The lowest BCUT2D eigenvalue weighted by Crippen LogP contribution is -2.47. The molecule has 0 unspecified atom stereocenters. The van der Waals surface area contributed by atoms with Crippen molar-refractivity contribution in [2.45, 2.75) is 25.4 Å². The average Bonchev–Trinajstić information content (AvgIpc) is 2.72. The number of aliphatic hydroxyl groups excluding tert-OH is 1. The van der Waals surface area contributed by atoms with Crippen LogP contribution in [0.5, 0.6) is 11.5 Å². The molecule has 1 fully saturated rings. The lowest BCUT2D eigenvalue weighted by molar-refractivity contribution is 0.0219. The molecule has 0 aliphatic carbocycles. The third-order valence-corrected chi connectivity index (χ3v) is 5.11. The largest absolute Gasteiger partial charge is 0.486 e. The van der Waals surface area contributed by atoms with Crippen molar-refractivity contribution < 1.29 is 19.4 Å². The van der Waals surface area contributed by atoms with Crippen LogP contribution in [-0.4, -0.2) is 61.4 Å². The smallest absolute Gasteiger partial charge is 0.255 e. The van der Waals surface area contributed by atoms with E-state index in [0.717, 1.165) is 25.9 Å². The highest BCUT2D eigenvalue weighted by Gasteiger charge is 2.29. The third-order valence-electron chi connectivity index (χ3n) is 5.11. The Bertz CT molecular complexity index is 799. The predicted molar refractivity (Wildman–Crippen MR) is 99.9 cm³/mol. The topological polar surface area (TPSA) is 119 Å². The summed E-state index contributed by atoms with van der Waals surface area (Å²) in [5, 5.41) is 31.1. The maximum absolute atomic E-state index is 12.7. The first kappa shape index (κ1) is 19.9. The number of unbranched alkanes of at least 4 members (excludes halogenated alkanes) is 1. The Morgan fingerprint density at radius 3 is 2.89 bits per heavy atom. The van der Waals surface area contributed by atoms with Crippen molar-refractivity contribution >= 4 is 5.91 Å². The van der Waals surface area contributed by atoms with Crippen molar-refractivity contribution in [3.05, 3.63) is 23.3 Å². The minimum absolute atomic E-state index is 0.0386. The summed E-state index contributed by atoms with van der Waals surface area (Å²) in [6.45, 7) is 3.25. The number of amides is 1. The van der Waals surface area contributed by atoms with Gasteiger partial charge in [-0.1, -0.05) is 0 Å². The fourth-order valence-electron chi connectivity index (χ4n) is 3.57. The number of nitrogens with one attached hydrogen (secondary N) is 1. The number of carbonyl (C=O) groups is 1. The summed E-state index contributed by atoms with van der Waals surface area (Å²) >= 11 is 0. The third kappa shape index (κ3) is 4.72. The van der Waals surface area contributed by atoms with Gasteiger partial charge in [-0.2, -0.15) is 10.5 Å². The fraction of sp³-hybridized carbons (Fsp3) is 0.550. The molecule has 3 rings (SSSR count). The molecule has 8 heteroatoms. The van der Waals surface area contributed by atoms with E-state index in [2.05, 4.69) is 16.3 Å². The van der Waals surface area contributed by atoms with Crippen molar-refractivity contribution in [1.82, 2.24) is 10.2 Å². The van der Waals surface area contributed by atoms with Gasteiger partial charge in [0.25, 0.3) is 5.91 Å². The van der Waals surface area contributed by atoms with Gasteiger partial charge in [-0.3, -0.25) is 4.79 Å². The summed E-state index contributed by atoms with van der Waals surface area (Å²) in [5.41, 5.74) is 0.609. The van der Waals surface area contributed by atoms with Gasteiger partial charge in [0.05, 0.1) is 29.4 Å². The van der Waals surface area contributed by atoms with Crippen molar-refractivity contribution in [2.24, 2.45) is 5.92 Å². The molecule has 8 nitrogen and oxygen atoms in total. The summed E-state index contributed by atoms with van der Waals surface area (Å²) < 4.78 is 11.1. The van der Waals surface area contributed by atoms with Gasteiger partial charge >= 0.3 is 0 Å². The molecule has 0 bridgehead atoms. The van der Waals surface area contributed by atoms with Crippen LogP contribution in [0.25, 0.3) is 0 Å². The average molecular weight is 384 g/mol. The van der Waals surface area contributed by atoms with E-state index in [-0.39, 0.29) is 17.4 Å². The van der Waals surface area contributed by atoms with Crippen LogP contribution in [0, 0.1) is 28.6 Å². The zero-order valence-electron chi connectivity index (χ0n) is 15.7. The number of fused-ring (bicyclic) bond motifs is 1. The van der Waals surface area contributed by atoms with E-state index in [1.165, 1.54) is 6.07 Å². The molecule has 0 aromatic heterocycles. The highest BCUT2D eigenvalue weighted by atomic mass is 16.6. The molecule has 1 aromatic carbocycles. The van der Waals surface area contributed by atoms with Crippen LogP contribution in [0.2, 0.25) is 0 Å². The number of rotatable bonds is 6. The maximum Gasteiger partial charge on any atom is 0.255 e. The van der Waals surface area contributed by atoms with E-state index in [9.17, 15) is 15.2 Å². The molecule has 2 N–H and O–H groups in total. The number of nitriles is 2. The van der Waals surface area contributed by atoms with E-state index in [1.807, 2.05) is 6.07 Å². The van der Waals surface area contributed by atoms with Crippen LogP contribution in [0.1, 0.15) is 35.2 Å². The van der Waals surface area contributed by atoms with Crippen LogP contribution in [-0.2, 0) is 0 Å². The molecule has 28 heavy (non-hydrogen) atoms. The Hall–Kier alpha value is -2.81. The monoisotopic (exact) mass is 384 g/mol. The number of β-amino-alcohol motifs (C(OH)–C–C–N with tert-alkyl or cyclic N) is 1. The second-order valence-electron chi connectivity index (χ2n) is 7.05. The number of carbonyl (C=O) groups excluding carboxylic acids is 1. The first-order valence-electron chi connectivity index (χ1n) is 9.51. The second kappa shape index (κ2) is 9.41. The summed E-state index contributed by atoms with van der Waals surface area (Å²) in [6, 6.07) is 7.22. The van der Waals surface area contributed by atoms with E-state index in [0.29, 0.717) is 49.8 Å². The number of likely N-dealkylation sites (tertiary alicyclic amines) is 1. The Morgan fingerprint density at radius 1 is 1.32 bits per heavy atom. The highest BCUT2D eigenvalue weighted by Crippen LogP contribution is 2.35. The van der Waals surface area contributed by atoms with Crippen LogP contribution in [0.15, 0.2) is 12.1 Å². The Balaban J connectivity index is 1.58. The van der Waals surface area contributed by atoms with Gasteiger partial charge in [-0.05, 0) is 32.0 Å². The van der Waals surface area contributed by atoms with Crippen molar-refractivity contribution in [3.63, 3.8) is 0 Å². The molecule has 1 saturated heterocycles. The molecule has 0 saturated carbocycles. The van der Waals surface area contributed by atoms with Gasteiger partial charge in [0.15, 0.2) is 11.5 Å². The highest BCUT2D eigenvalue weighted by molar-refractivity contribution is 5.98. The zero-order chi connectivity index (χ0) is 19.9. The number of hydrogen-bond donors (Lipinski definition) is 2. The summed E-state index contributed by atoms with van der Waals surface area (Å²) in [5.74, 6) is 0.377. The standard InChI is InChI=1S/C20H24N4O4/c21-4-1-2-5-24-6-3-15(17(25)13-24)12-23-20(26)16-9-14(11-22)10-18-19(16)28-8-7-27-18/h9-10,15,17,25H,1-3,5-8,12-13H2,(H,23,26)/t15-,17+/m0/s1. The van der Waals surface area contributed by atoms with E-state index in [1.54, 1.807) is 6.07 Å². The molecule has 2 atom stereocenters. The number of piperidine rings is 1. The molecule has 1 amide bonds. The van der Waals surface area contributed by atoms with Crippen molar-refractivity contribution in [1.29, 1.82) is 10.5 Å². The molecule has 0 spiro atoms. The fourth-order valence-corrected chi connectivity index (χ4v) is 3.57. The molecule has 2 heterocycles. The zero-order valence-corrected chi connectivity index (χ0v) is 15.7. The first-order valence-corrected chi connectivity index (χ1v) is 9.51. The molecule has 2 aliphatic rings. The van der Waals surface area contributed by atoms with Crippen molar-refractivity contribution in [3.8, 4) is 23.6 Å². The normalized spacial score (nSPS) is 21.4. The first-order chi connectivity index (χ1) is 13.6. The maximum atomic E-state index is 12.7. The minimum Gasteiger partial charge on any atom is -0.486 e. The van der Waals surface area contributed by atoms with Gasteiger partial charge in [0.2, 0.25) is 0 Å². The number of hydrogen-bond acceptors (Lipinski definition) is 7. The van der Waals surface area contributed by atoms with Gasteiger partial charge in [-0.15, -0.1) is 0 Å². The Kier molecular flexibility index (Phi) is 6.70. The summed E-state index contributed by atoms with van der Waals surface area (Å²) in [7, 11) is 0. The van der Waals surface area contributed by atoms with Crippen LogP contribution >= 0.6 is 0 Å². The molecular formula is C20H24N4O4. The summed E-state index contributed by atoms with van der Waals surface area (Å²) in [6.07, 6.45) is 1.55. The van der Waals surface area contributed by atoms with E-state index >= 15 is 0 Å². The number of benzene rings is 1.